The first kappa shape index (κ1) is 12.0. The smallest absolute Gasteiger partial charge is 0.211 e. The molecule has 0 heterocycles. The molecule has 0 bridgehead atoms. The summed E-state index contributed by atoms with van der Waals surface area (Å²) >= 11 is 0. The molecule has 0 spiro atoms. The highest BCUT2D eigenvalue weighted by Gasteiger charge is 2.18. The molecule has 0 aromatic heterocycles. The van der Waals surface area contributed by atoms with Crippen molar-refractivity contribution in [3.63, 3.8) is 0 Å². The van der Waals surface area contributed by atoms with Crippen LogP contribution in [-0.2, 0) is 10.0 Å². The third-order valence-electron chi connectivity index (χ3n) is 2.77. The Kier molecular flexibility index (Phi) is 4.89. The molecular formula is C10H20NO2S. The minimum atomic E-state index is -3.02. The van der Waals surface area contributed by atoms with Crippen molar-refractivity contribution in [1.82, 2.24) is 4.72 Å². The van der Waals surface area contributed by atoms with Gasteiger partial charge in [0.2, 0.25) is 10.0 Å². The number of nitrogens with one attached hydrogen (secondary N) is 1. The van der Waals surface area contributed by atoms with Crippen LogP contribution < -0.4 is 4.72 Å². The van der Waals surface area contributed by atoms with Gasteiger partial charge in [-0.2, -0.15) is 0 Å². The Bertz CT molecular complexity index is 243. The summed E-state index contributed by atoms with van der Waals surface area (Å²) in [5, 5.41) is 0. The Morgan fingerprint density at radius 1 is 1.29 bits per heavy atom. The van der Waals surface area contributed by atoms with Crippen LogP contribution in [0.3, 0.4) is 0 Å². The average Bonchev–Trinajstić information content (AvgIpc) is 2.64. The topological polar surface area (TPSA) is 46.2 Å². The van der Waals surface area contributed by atoms with Crippen molar-refractivity contribution in [2.24, 2.45) is 5.92 Å². The zero-order valence-electron chi connectivity index (χ0n) is 8.67. The molecule has 1 aliphatic rings. The van der Waals surface area contributed by atoms with Gasteiger partial charge in [-0.3, -0.25) is 0 Å². The monoisotopic (exact) mass is 218 g/mol. The molecule has 0 aliphatic heterocycles. The van der Waals surface area contributed by atoms with E-state index in [0.717, 1.165) is 6.42 Å². The Balaban J connectivity index is 2.21. The summed E-state index contributed by atoms with van der Waals surface area (Å²) in [4.78, 5) is 0. The van der Waals surface area contributed by atoms with Gasteiger partial charge in [-0.1, -0.05) is 32.6 Å². The zero-order chi connectivity index (χ0) is 10.4. The van der Waals surface area contributed by atoms with Crippen molar-refractivity contribution in [2.45, 2.75) is 38.5 Å². The van der Waals surface area contributed by atoms with Crippen molar-refractivity contribution in [2.75, 3.05) is 12.3 Å². The number of sulfonamides is 1. The van der Waals surface area contributed by atoms with E-state index in [9.17, 15) is 8.42 Å². The number of rotatable bonds is 6. The van der Waals surface area contributed by atoms with Crippen molar-refractivity contribution in [3.8, 4) is 0 Å². The molecule has 1 fully saturated rings. The van der Waals surface area contributed by atoms with E-state index < -0.39 is 10.0 Å². The van der Waals surface area contributed by atoms with Gasteiger partial charge in [-0.05, 0) is 18.8 Å². The van der Waals surface area contributed by atoms with Crippen molar-refractivity contribution in [1.29, 1.82) is 0 Å². The van der Waals surface area contributed by atoms with Crippen molar-refractivity contribution < 1.29 is 8.42 Å². The third kappa shape index (κ3) is 4.42. The fraction of sp³-hybridized carbons (Fsp3) is 0.900. The maximum Gasteiger partial charge on any atom is 0.211 e. The van der Waals surface area contributed by atoms with Crippen LogP contribution in [0.2, 0.25) is 0 Å². The highest BCUT2D eigenvalue weighted by Crippen LogP contribution is 2.27. The van der Waals surface area contributed by atoms with E-state index in [-0.39, 0.29) is 5.75 Å². The molecule has 4 heteroatoms. The SMILES string of the molecule is [CH2]CCNS(=O)(=O)CCC1CCCC1. The first-order valence-electron chi connectivity index (χ1n) is 5.40. The van der Waals surface area contributed by atoms with Crippen LogP contribution in [0.4, 0.5) is 0 Å². The van der Waals surface area contributed by atoms with Gasteiger partial charge in [0.25, 0.3) is 0 Å². The van der Waals surface area contributed by atoms with E-state index in [4.69, 9.17) is 0 Å². The second kappa shape index (κ2) is 5.71. The normalized spacial score (nSPS) is 18.9. The van der Waals surface area contributed by atoms with Gasteiger partial charge < -0.3 is 0 Å². The van der Waals surface area contributed by atoms with Gasteiger partial charge in [0, 0.05) is 6.54 Å². The maximum atomic E-state index is 11.4. The van der Waals surface area contributed by atoms with E-state index in [1.807, 2.05) is 0 Å². The van der Waals surface area contributed by atoms with Gasteiger partial charge in [-0.15, -0.1) is 0 Å². The Morgan fingerprint density at radius 3 is 2.50 bits per heavy atom. The van der Waals surface area contributed by atoms with Gasteiger partial charge in [-0.25, -0.2) is 13.1 Å². The summed E-state index contributed by atoms with van der Waals surface area (Å²) in [6.45, 7) is 4.06. The van der Waals surface area contributed by atoms with Gasteiger partial charge in [0.1, 0.15) is 0 Å². The zero-order valence-corrected chi connectivity index (χ0v) is 9.48. The van der Waals surface area contributed by atoms with Crippen LogP contribution >= 0.6 is 0 Å². The summed E-state index contributed by atoms with van der Waals surface area (Å²) in [6, 6.07) is 0. The fourth-order valence-corrected chi connectivity index (χ4v) is 3.16. The maximum absolute atomic E-state index is 11.4. The molecule has 14 heavy (non-hydrogen) atoms. The summed E-state index contributed by atoms with van der Waals surface area (Å²) in [5.74, 6) is 0.934. The molecule has 0 saturated heterocycles. The molecule has 0 atom stereocenters. The average molecular weight is 218 g/mol. The quantitative estimate of drug-likeness (QED) is 0.737. The summed E-state index contributed by atoms with van der Waals surface area (Å²) in [5.41, 5.74) is 0. The fourth-order valence-electron chi connectivity index (χ4n) is 1.92. The summed E-state index contributed by atoms with van der Waals surface area (Å²) < 4.78 is 25.4. The lowest BCUT2D eigenvalue weighted by Crippen LogP contribution is -2.27. The minimum absolute atomic E-state index is 0.289. The highest BCUT2D eigenvalue weighted by atomic mass is 32.2. The molecule has 0 amide bonds. The second-order valence-electron chi connectivity index (χ2n) is 4.01. The second-order valence-corrected chi connectivity index (χ2v) is 5.93. The van der Waals surface area contributed by atoms with Crippen LogP contribution in [0, 0.1) is 12.8 Å². The number of hydrogen-bond acceptors (Lipinski definition) is 2. The molecule has 0 aromatic carbocycles. The first-order valence-corrected chi connectivity index (χ1v) is 7.06. The Hall–Kier alpha value is -0.0900. The van der Waals surface area contributed by atoms with Crippen LogP contribution in [0.25, 0.3) is 0 Å². The molecule has 1 aliphatic carbocycles. The highest BCUT2D eigenvalue weighted by molar-refractivity contribution is 7.89. The van der Waals surface area contributed by atoms with Gasteiger partial charge in [0.05, 0.1) is 5.75 Å². The lowest BCUT2D eigenvalue weighted by atomic mass is 10.1. The van der Waals surface area contributed by atoms with Gasteiger partial charge in [0.15, 0.2) is 0 Å². The third-order valence-corrected chi connectivity index (χ3v) is 4.19. The molecule has 1 radical (unpaired) electrons. The molecule has 0 unspecified atom stereocenters. The summed E-state index contributed by atoms with van der Waals surface area (Å²) in [6.07, 6.45) is 6.42. The largest absolute Gasteiger partial charge is 0.215 e. The summed E-state index contributed by atoms with van der Waals surface area (Å²) in [7, 11) is -3.02. The Morgan fingerprint density at radius 2 is 1.93 bits per heavy atom. The van der Waals surface area contributed by atoms with E-state index in [2.05, 4.69) is 11.6 Å². The van der Waals surface area contributed by atoms with Crippen LogP contribution in [-0.4, -0.2) is 20.7 Å². The van der Waals surface area contributed by atoms with E-state index in [1.54, 1.807) is 0 Å². The lowest BCUT2D eigenvalue weighted by molar-refractivity contribution is 0.517. The standard InChI is InChI=1S/C10H20NO2S/c1-2-8-11-14(12,13)9-7-10-5-3-4-6-10/h10-11H,1-9H2. The minimum Gasteiger partial charge on any atom is -0.215 e. The Labute approximate surface area is 87.3 Å². The van der Waals surface area contributed by atoms with Crippen LogP contribution in [0.15, 0.2) is 0 Å². The lowest BCUT2D eigenvalue weighted by Gasteiger charge is -2.09. The molecule has 3 nitrogen and oxygen atoms in total. The van der Waals surface area contributed by atoms with Gasteiger partial charge >= 0.3 is 0 Å². The molecular weight excluding hydrogens is 198 g/mol. The van der Waals surface area contributed by atoms with Crippen molar-refractivity contribution in [3.05, 3.63) is 6.92 Å². The predicted octanol–water partition coefficient (Wildman–Crippen LogP) is 1.71. The number of hydrogen-bond donors (Lipinski definition) is 1. The predicted molar refractivity (Wildman–Crippen MR) is 58.3 cm³/mol. The first-order chi connectivity index (χ1) is 6.64. The molecule has 0 aromatic rings. The van der Waals surface area contributed by atoms with Crippen LogP contribution in [0.1, 0.15) is 38.5 Å². The molecule has 1 N–H and O–H groups in total. The van der Waals surface area contributed by atoms with E-state index >= 15 is 0 Å². The van der Waals surface area contributed by atoms with E-state index in [0.29, 0.717) is 18.9 Å². The molecule has 83 valence electrons. The van der Waals surface area contributed by atoms with Crippen molar-refractivity contribution >= 4 is 10.0 Å². The molecule has 1 rings (SSSR count). The van der Waals surface area contributed by atoms with Crippen LogP contribution in [0.5, 0.6) is 0 Å². The van der Waals surface area contributed by atoms with E-state index in [1.165, 1.54) is 25.7 Å². The molecule has 1 saturated carbocycles.